The third kappa shape index (κ3) is 2.93. The second kappa shape index (κ2) is 5.56. The number of hydrogen-bond acceptors (Lipinski definition) is 3. The van der Waals surface area contributed by atoms with Crippen LogP contribution in [0.2, 0.25) is 0 Å². The summed E-state index contributed by atoms with van der Waals surface area (Å²) in [6, 6.07) is 13.7. The van der Waals surface area contributed by atoms with Crippen molar-refractivity contribution in [2.75, 3.05) is 7.11 Å². The molecule has 2 aromatic rings. The van der Waals surface area contributed by atoms with Gasteiger partial charge in [0.15, 0.2) is 0 Å². The molecule has 2 rings (SSSR count). The van der Waals surface area contributed by atoms with E-state index in [1.807, 2.05) is 24.3 Å². The summed E-state index contributed by atoms with van der Waals surface area (Å²) in [7, 11) is 7.73. The quantitative estimate of drug-likeness (QED) is 0.478. The van der Waals surface area contributed by atoms with Crippen LogP contribution in [-0.4, -0.2) is 19.9 Å². The first-order chi connectivity index (χ1) is 9.11. The van der Waals surface area contributed by atoms with Gasteiger partial charge in [-0.1, -0.05) is 24.3 Å². The van der Waals surface area contributed by atoms with Crippen LogP contribution in [0.3, 0.4) is 0 Å². The van der Waals surface area contributed by atoms with Gasteiger partial charge in [0, 0.05) is 12.1 Å². The molecule has 0 N–H and O–H groups in total. The lowest BCUT2D eigenvalue weighted by molar-refractivity contribution is -0.384. The Morgan fingerprint density at radius 2 is 1.53 bits per heavy atom. The summed E-state index contributed by atoms with van der Waals surface area (Å²) in [5.41, 5.74) is 1.82. The molecule has 94 valence electrons. The Morgan fingerprint density at radius 3 is 1.95 bits per heavy atom. The van der Waals surface area contributed by atoms with Crippen LogP contribution in [0.1, 0.15) is 16.9 Å². The third-order valence-corrected chi connectivity index (χ3v) is 2.94. The number of ether oxygens (including phenoxy) is 1. The van der Waals surface area contributed by atoms with Crippen LogP contribution in [0.25, 0.3) is 0 Å². The lowest BCUT2D eigenvalue weighted by Crippen LogP contribution is -2.00. The Balaban J connectivity index is 2.22. The minimum atomic E-state index is -0.428. The van der Waals surface area contributed by atoms with Gasteiger partial charge in [0.2, 0.25) is 0 Å². The van der Waals surface area contributed by atoms with Gasteiger partial charge < -0.3 is 4.74 Å². The molecule has 0 amide bonds. The topological polar surface area (TPSA) is 52.4 Å². The second-order valence-electron chi connectivity index (χ2n) is 4.10. The van der Waals surface area contributed by atoms with E-state index in [4.69, 9.17) is 12.6 Å². The molecule has 0 aromatic heterocycles. The fraction of sp³-hybridized carbons (Fsp3) is 0.143. The van der Waals surface area contributed by atoms with Crippen molar-refractivity contribution in [3.05, 3.63) is 69.8 Å². The first-order valence-corrected chi connectivity index (χ1v) is 5.75. The Kier molecular flexibility index (Phi) is 3.85. The standard InChI is InChI=1S/C14H12BNO3/c1-19-13-8-4-11(5-9-13)14(15)10-2-6-12(7-3-10)16(17)18/h2-9,14H,1H3. The van der Waals surface area contributed by atoms with Gasteiger partial charge in [0.05, 0.1) is 19.9 Å². The van der Waals surface area contributed by atoms with E-state index in [-0.39, 0.29) is 11.5 Å². The Bertz CT molecular complexity index is 566. The summed E-state index contributed by atoms with van der Waals surface area (Å²) in [6.45, 7) is 0. The molecule has 19 heavy (non-hydrogen) atoms. The maximum atomic E-state index is 10.6. The Labute approximate surface area is 112 Å². The zero-order valence-electron chi connectivity index (χ0n) is 10.4. The van der Waals surface area contributed by atoms with E-state index < -0.39 is 4.92 Å². The van der Waals surface area contributed by atoms with Gasteiger partial charge in [-0.05, 0) is 29.1 Å². The summed E-state index contributed by atoms with van der Waals surface area (Å²) in [6.07, 6.45) is 0. The molecule has 0 bridgehead atoms. The van der Waals surface area contributed by atoms with Crippen LogP contribution in [0.4, 0.5) is 5.69 Å². The molecule has 0 fully saturated rings. The number of non-ortho nitro benzene ring substituents is 1. The van der Waals surface area contributed by atoms with Gasteiger partial charge in [0.25, 0.3) is 5.69 Å². The number of methoxy groups -OCH3 is 1. The molecule has 0 aliphatic heterocycles. The normalized spacial score (nSPS) is 11.8. The highest BCUT2D eigenvalue weighted by atomic mass is 16.6. The van der Waals surface area contributed by atoms with Gasteiger partial charge in [-0.15, -0.1) is 0 Å². The molecule has 4 nitrogen and oxygen atoms in total. The predicted molar refractivity (Wildman–Crippen MR) is 73.7 cm³/mol. The average Bonchev–Trinajstić information content (AvgIpc) is 2.46. The molecule has 0 aliphatic carbocycles. The molecule has 1 unspecified atom stereocenters. The highest BCUT2D eigenvalue weighted by molar-refractivity contribution is 6.14. The monoisotopic (exact) mass is 253 g/mol. The molecule has 0 saturated carbocycles. The number of hydrogen-bond donors (Lipinski definition) is 0. The largest absolute Gasteiger partial charge is 0.497 e. The van der Waals surface area contributed by atoms with Gasteiger partial charge in [0.1, 0.15) is 5.75 Å². The fourth-order valence-corrected chi connectivity index (χ4v) is 1.81. The number of rotatable bonds is 4. The molecule has 0 spiro atoms. The maximum Gasteiger partial charge on any atom is 0.269 e. The van der Waals surface area contributed by atoms with E-state index >= 15 is 0 Å². The van der Waals surface area contributed by atoms with Crippen molar-refractivity contribution in [2.45, 2.75) is 5.82 Å². The molecule has 0 saturated heterocycles. The molecule has 2 radical (unpaired) electrons. The van der Waals surface area contributed by atoms with Crippen molar-refractivity contribution in [2.24, 2.45) is 0 Å². The summed E-state index contributed by atoms with van der Waals surface area (Å²) in [4.78, 5) is 10.2. The van der Waals surface area contributed by atoms with Crippen LogP contribution >= 0.6 is 0 Å². The van der Waals surface area contributed by atoms with Crippen LogP contribution in [0.5, 0.6) is 5.75 Å². The molecule has 1 atom stereocenters. The van der Waals surface area contributed by atoms with Crippen LogP contribution < -0.4 is 4.74 Å². The fourth-order valence-electron chi connectivity index (χ4n) is 1.81. The number of nitrogens with zero attached hydrogens (tertiary/aromatic N) is 1. The highest BCUT2D eigenvalue weighted by Gasteiger charge is 2.10. The van der Waals surface area contributed by atoms with Gasteiger partial charge in [-0.3, -0.25) is 10.1 Å². The predicted octanol–water partition coefficient (Wildman–Crippen LogP) is 2.86. The number of nitro groups is 1. The molecular formula is C14H12BNO3. The highest BCUT2D eigenvalue weighted by Crippen LogP contribution is 2.25. The summed E-state index contributed by atoms with van der Waals surface area (Å²) in [5.74, 6) is 0.450. The minimum absolute atomic E-state index is 0.0608. The van der Waals surface area contributed by atoms with Crippen molar-refractivity contribution in [1.82, 2.24) is 0 Å². The Morgan fingerprint density at radius 1 is 1.05 bits per heavy atom. The smallest absolute Gasteiger partial charge is 0.269 e. The lowest BCUT2D eigenvalue weighted by Gasteiger charge is -2.13. The van der Waals surface area contributed by atoms with Crippen LogP contribution in [-0.2, 0) is 0 Å². The Hall–Kier alpha value is -2.30. The van der Waals surface area contributed by atoms with Crippen LogP contribution in [0.15, 0.2) is 48.5 Å². The summed E-state index contributed by atoms with van der Waals surface area (Å²) in [5, 5.41) is 10.6. The molecular weight excluding hydrogens is 241 g/mol. The van der Waals surface area contributed by atoms with Crippen molar-refractivity contribution in [3.63, 3.8) is 0 Å². The van der Waals surface area contributed by atoms with Crippen molar-refractivity contribution in [1.29, 1.82) is 0 Å². The zero-order chi connectivity index (χ0) is 13.8. The van der Waals surface area contributed by atoms with Gasteiger partial charge >= 0.3 is 0 Å². The van der Waals surface area contributed by atoms with Crippen LogP contribution in [0, 0.1) is 10.1 Å². The van der Waals surface area contributed by atoms with Gasteiger partial charge in [-0.25, -0.2) is 0 Å². The average molecular weight is 253 g/mol. The lowest BCUT2D eigenvalue weighted by atomic mass is 9.76. The minimum Gasteiger partial charge on any atom is -0.497 e. The first kappa shape index (κ1) is 13.1. The van der Waals surface area contributed by atoms with E-state index in [0.717, 1.165) is 16.9 Å². The SMILES string of the molecule is [B]C(c1ccc(OC)cc1)c1ccc([N+](=O)[O-])cc1. The van der Waals surface area contributed by atoms with E-state index in [9.17, 15) is 10.1 Å². The molecule has 2 aromatic carbocycles. The second-order valence-corrected chi connectivity index (χ2v) is 4.10. The summed E-state index contributed by atoms with van der Waals surface area (Å²) < 4.78 is 5.08. The van der Waals surface area contributed by atoms with E-state index in [1.54, 1.807) is 19.2 Å². The third-order valence-electron chi connectivity index (χ3n) is 2.94. The maximum absolute atomic E-state index is 10.6. The zero-order valence-corrected chi connectivity index (χ0v) is 10.4. The van der Waals surface area contributed by atoms with E-state index in [2.05, 4.69) is 0 Å². The van der Waals surface area contributed by atoms with E-state index in [1.165, 1.54) is 12.1 Å². The number of benzene rings is 2. The van der Waals surface area contributed by atoms with Crippen molar-refractivity contribution < 1.29 is 9.66 Å². The van der Waals surface area contributed by atoms with Gasteiger partial charge in [-0.2, -0.15) is 0 Å². The van der Waals surface area contributed by atoms with Crippen molar-refractivity contribution >= 4 is 13.5 Å². The van der Waals surface area contributed by atoms with Crippen molar-refractivity contribution in [3.8, 4) is 5.75 Å². The molecule has 5 heteroatoms. The van der Waals surface area contributed by atoms with E-state index in [0.29, 0.717) is 0 Å². The first-order valence-electron chi connectivity index (χ1n) is 5.75. The molecule has 0 heterocycles. The molecule has 0 aliphatic rings. The summed E-state index contributed by atoms with van der Waals surface area (Å²) >= 11 is 0. The number of nitro benzene ring substituents is 1.